The molecule has 1 aromatic heterocycles. The van der Waals surface area contributed by atoms with Gasteiger partial charge in [-0.05, 0) is 41.9 Å². The Balaban J connectivity index is 1.93. The Morgan fingerprint density at radius 2 is 1.65 bits per heavy atom. The Bertz CT molecular complexity index is 964. The summed E-state index contributed by atoms with van der Waals surface area (Å²) in [6, 6.07) is 14.4. The van der Waals surface area contributed by atoms with Gasteiger partial charge in [-0.2, -0.15) is 0 Å². The van der Waals surface area contributed by atoms with E-state index in [9.17, 15) is 10.2 Å². The second kappa shape index (κ2) is 6.54. The lowest BCUT2D eigenvalue weighted by Crippen LogP contribution is -2.31. The molecule has 0 amide bonds. The molecule has 0 spiro atoms. The van der Waals surface area contributed by atoms with Crippen molar-refractivity contribution in [3.63, 3.8) is 0 Å². The summed E-state index contributed by atoms with van der Waals surface area (Å²) in [7, 11) is 2.05. The standard InChI is InChI=1S/C20H18Cl2N2O2/c1-23-10-15(14-8-12(21)9-17(22)16(14)11-23)13-4-2-3-5-18(13)24-19(25)6-7-20(24)26/h2-9,15,25-26H,10-11H2,1H3/t15-/m0/s1. The Hall–Kier alpha value is -2.14. The maximum absolute atomic E-state index is 10.2. The normalized spacial score (nSPS) is 17.3. The van der Waals surface area contributed by atoms with E-state index < -0.39 is 0 Å². The first-order chi connectivity index (χ1) is 12.5. The number of hydrogen-bond acceptors (Lipinski definition) is 3. The number of nitrogens with zero attached hydrogens (tertiary/aromatic N) is 2. The van der Waals surface area contributed by atoms with Crippen molar-refractivity contribution in [2.45, 2.75) is 12.5 Å². The fourth-order valence-corrected chi connectivity index (χ4v) is 4.33. The molecule has 6 heteroatoms. The number of fused-ring (bicyclic) bond motifs is 1. The van der Waals surface area contributed by atoms with Crippen LogP contribution < -0.4 is 0 Å². The molecule has 1 aliphatic heterocycles. The number of aromatic nitrogens is 1. The minimum atomic E-state index is -0.0107. The van der Waals surface area contributed by atoms with E-state index in [-0.39, 0.29) is 17.7 Å². The number of likely N-dealkylation sites (N-methyl/N-ethyl adjacent to an activating group) is 1. The minimum Gasteiger partial charge on any atom is -0.494 e. The molecule has 2 aromatic carbocycles. The van der Waals surface area contributed by atoms with Gasteiger partial charge in [0.2, 0.25) is 0 Å². The summed E-state index contributed by atoms with van der Waals surface area (Å²) >= 11 is 12.7. The van der Waals surface area contributed by atoms with Gasteiger partial charge < -0.3 is 15.1 Å². The fourth-order valence-electron chi connectivity index (χ4n) is 3.76. The van der Waals surface area contributed by atoms with Crippen molar-refractivity contribution in [3.05, 3.63) is 75.3 Å². The van der Waals surface area contributed by atoms with Crippen LogP contribution in [0.25, 0.3) is 5.69 Å². The number of benzene rings is 2. The van der Waals surface area contributed by atoms with E-state index in [0.717, 1.165) is 35.5 Å². The van der Waals surface area contributed by atoms with E-state index in [2.05, 4.69) is 4.90 Å². The van der Waals surface area contributed by atoms with Crippen LogP contribution in [-0.4, -0.2) is 33.3 Å². The first-order valence-electron chi connectivity index (χ1n) is 8.31. The van der Waals surface area contributed by atoms with Crippen molar-refractivity contribution >= 4 is 23.2 Å². The van der Waals surface area contributed by atoms with Gasteiger partial charge in [-0.1, -0.05) is 41.4 Å². The molecule has 3 aromatic rings. The van der Waals surface area contributed by atoms with Crippen LogP contribution in [0.15, 0.2) is 48.5 Å². The molecular weight excluding hydrogens is 371 g/mol. The van der Waals surface area contributed by atoms with Gasteiger partial charge in [-0.25, -0.2) is 0 Å². The number of aromatic hydroxyl groups is 2. The van der Waals surface area contributed by atoms with Crippen LogP contribution in [0.1, 0.15) is 22.6 Å². The molecular formula is C20H18Cl2N2O2. The molecule has 0 fully saturated rings. The second-order valence-corrected chi connectivity index (χ2v) is 7.49. The highest BCUT2D eigenvalue weighted by molar-refractivity contribution is 6.35. The van der Waals surface area contributed by atoms with Crippen molar-refractivity contribution < 1.29 is 10.2 Å². The van der Waals surface area contributed by atoms with E-state index >= 15 is 0 Å². The lowest BCUT2D eigenvalue weighted by Gasteiger charge is -2.34. The molecule has 1 atom stereocenters. The van der Waals surface area contributed by atoms with Gasteiger partial charge in [-0.3, -0.25) is 4.57 Å². The van der Waals surface area contributed by atoms with E-state index in [1.54, 1.807) is 6.07 Å². The van der Waals surface area contributed by atoms with Crippen LogP contribution in [0.4, 0.5) is 0 Å². The van der Waals surface area contributed by atoms with Gasteiger partial charge in [-0.15, -0.1) is 0 Å². The SMILES string of the molecule is CN1Cc2c(Cl)cc(Cl)cc2[C@H](c2ccccc2-n2c(O)ccc2O)C1. The van der Waals surface area contributed by atoms with Crippen molar-refractivity contribution in [3.8, 4) is 17.4 Å². The molecule has 0 bridgehead atoms. The Labute approximate surface area is 161 Å². The van der Waals surface area contributed by atoms with E-state index in [0.29, 0.717) is 10.0 Å². The van der Waals surface area contributed by atoms with Gasteiger partial charge in [0.15, 0.2) is 11.8 Å². The minimum absolute atomic E-state index is 0.0107. The molecule has 4 nitrogen and oxygen atoms in total. The second-order valence-electron chi connectivity index (χ2n) is 6.65. The molecule has 0 saturated heterocycles. The molecule has 0 unspecified atom stereocenters. The summed E-state index contributed by atoms with van der Waals surface area (Å²) < 4.78 is 1.44. The molecule has 1 aliphatic rings. The summed E-state index contributed by atoms with van der Waals surface area (Å²) in [5.74, 6) is -0.00993. The summed E-state index contributed by atoms with van der Waals surface area (Å²) in [5.41, 5.74) is 3.86. The Kier molecular flexibility index (Phi) is 4.35. The fraction of sp³-hybridized carbons (Fsp3) is 0.200. The maximum Gasteiger partial charge on any atom is 0.198 e. The Morgan fingerprint density at radius 3 is 2.38 bits per heavy atom. The molecule has 2 N–H and O–H groups in total. The number of halogens is 2. The van der Waals surface area contributed by atoms with Crippen molar-refractivity contribution in [2.75, 3.05) is 13.6 Å². The number of hydrogen-bond donors (Lipinski definition) is 2. The summed E-state index contributed by atoms with van der Waals surface area (Å²) in [6.45, 7) is 1.54. The predicted octanol–water partition coefficient (Wildman–Crippen LogP) is 4.77. The van der Waals surface area contributed by atoms with Gasteiger partial charge in [0.1, 0.15) is 0 Å². The average Bonchev–Trinajstić information content (AvgIpc) is 2.93. The quantitative estimate of drug-likeness (QED) is 0.664. The third-order valence-corrected chi connectivity index (χ3v) is 5.44. The lowest BCUT2D eigenvalue weighted by molar-refractivity contribution is 0.295. The summed E-state index contributed by atoms with van der Waals surface area (Å²) in [4.78, 5) is 2.21. The highest BCUT2D eigenvalue weighted by atomic mass is 35.5. The van der Waals surface area contributed by atoms with Crippen LogP contribution >= 0.6 is 23.2 Å². The first-order valence-corrected chi connectivity index (χ1v) is 9.06. The molecule has 26 heavy (non-hydrogen) atoms. The molecule has 0 saturated carbocycles. The van der Waals surface area contributed by atoms with Crippen molar-refractivity contribution in [1.29, 1.82) is 0 Å². The van der Waals surface area contributed by atoms with Crippen LogP contribution in [0.5, 0.6) is 11.8 Å². The third-order valence-electron chi connectivity index (χ3n) is 4.89. The molecule has 4 rings (SSSR count). The molecule has 0 radical (unpaired) electrons. The number of para-hydroxylation sites is 1. The van der Waals surface area contributed by atoms with Gasteiger partial charge in [0.25, 0.3) is 0 Å². The van der Waals surface area contributed by atoms with E-state index in [4.69, 9.17) is 23.2 Å². The molecule has 0 aliphatic carbocycles. The first kappa shape index (κ1) is 17.3. The van der Waals surface area contributed by atoms with Gasteiger partial charge >= 0.3 is 0 Å². The van der Waals surface area contributed by atoms with Crippen molar-refractivity contribution in [2.24, 2.45) is 0 Å². The topological polar surface area (TPSA) is 48.6 Å². The van der Waals surface area contributed by atoms with E-state index in [1.807, 2.05) is 37.4 Å². The zero-order valence-electron chi connectivity index (χ0n) is 14.2. The maximum atomic E-state index is 10.2. The smallest absolute Gasteiger partial charge is 0.198 e. The van der Waals surface area contributed by atoms with Gasteiger partial charge in [0.05, 0.1) is 5.69 Å². The van der Waals surface area contributed by atoms with Crippen molar-refractivity contribution in [1.82, 2.24) is 9.47 Å². The zero-order valence-corrected chi connectivity index (χ0v) is 15.7. The van der Waals surface area contributed by atoms with Crippen LogP contribution in [-0.2, 0) is 6.54 Å². The Morgan fingerprint density at radius 1 is 0.962 bits per heavy atom. The molecule has 134 valence electrons. The highest BCUT2D eigenvalue weighted by Crippen LogP contribution is 2.41. The lowest BCUT2D eigenvalue weighted by atomic mass is 9.84. The molecule has 2 heterocycles. The highest BCUT2D eigenvalue weighted by Gasteiger charge is 2.29. The van der Waals surface area contributed by atoms with E-state index in [1.165, 1.54) is 16.7 Å². The van der Waals surface area contributed by atoms with Crippen LogP contribution in [0.2, 0.25) is 10.0 Å². The van der Waals surface area contributed by atoms with Gasteiger partial charge in [0, 0.05) is 41.2 Å². The monoisotopic (exact) mass is 388 g/mol. The third kappa shape index (κ3) is 2.84. The predicted molar refractivity (Wildman–Crippen MR) is 104 cm³/mol. The summed E-state index contributed by atoms with van der Waals surface area (Å²) in [6.07, 6.45) is 0. The van der Waals surface area contributed by atoms with Crippen LogP contribution in [0.3, 0.4) is 0 Å². The summed E-state index contributed by atoms with van der Waals surface area (Å²) in [5, 5.41) is 21.7. The zero-order chi connectivity index (χ0) is 18.4. The average molecular weight is 389 g/mol. The van der Waals surface area contributed by atoms with Crippen LogP contribution in [0, 0.1) is 0 Å². The largest absolute Gasteiger partial charge is 0.494 e. The number of rotatable bonds is 2.